The predicted octanol–water partition coefficient (Wildman–Crippen LogP) is 1.45. The average molecular weight is 323 g/mol. The summed E-state index contributed by atoms with van der Waals surface area (Å²) in [6, 6.07) is 0.322. The molecule has 0 radical (unpaired) electrons. The molecule has 0 bridgehead atoms. The number of piperidine rings is 1. The summed E-state index contributed by atoms with van der Waals surface area (Å²) < 4.78 is 24.4. The summed E-state index contributed by atoms with van der Waals surface area (Å²) in [6.45, 7) is 4.15. The van der Waals surface area contributed by atoms with E-state index in [1.807, 2.05) is 0 Å². The molecule has 3 aliphatic rings. The number of hydrogen-bond acceptors (Lipinski definition) is 4. The second-order valence-corrected chi connectivity index (χ2v) is 8.79. The van der Waals surface area contributed by atoms with Crippen LogP contribution in [0.15, 0.2) is 0 Å². The molecule has 20 heavy (non-hydrogen) atoms. The molecule has 2 aliphatic heterocycles. The Balaban J connectivity index is 0.00000147. The standard InChI is InChI=1S/C14H26N2O2S.ClH/c17-19(18)10-9-16(11-12-5-7-15-8-6-12)13-3-1-2-4-14(13)19;/h12-15H,1-11H2;1H. The molecule has 0 spiro atoms. The molecule has 2 unspecified atom stereocenters. The molecule has 1 saturated carbocycles. The van der Waals surface area contributed by atoms with E-state index < -0.39 is 9.84 Å². The van der Waals surface area contributed by atoms with Gasteiger partial charge in [-0.05, 0) is 44.7 Å². The molecule has 118 valence electrons. The Bertz CT molecular complexity index is 409. The molecule has 2 heterocycles. The van der Waals surface area contributed by atoms with Crippen LogP contribution < -0.4 is 5.32 Å². The van der Waals surface area contributed by atoms with Gasteiger partial charge in [0.25, 0.3) is 0 Å². The van der Waals surface area contributed by atoms with Gasteiger partial charge in [0.2, 0.25) is 0 Å². The summed E-state index contributed by atoms with van der Waals surface area (Å²) in [6.07, 6.45) is 6.80. The fourth-order valence-electron chi connectivity index (χ4n) is 4.10. The normalized spacial score (nSPS) is 35.0. The lowest BCUT2D eigenvalue weighted by molar-refractivity contribution is 0.124. The fraction of sp³-hybridized carbons (Fsp3) is 1.00. The van der Waals surface area contributed by atoms with E-state index >= 15 is 0 Å². The molecule has 3 fully saturated rings. The first kappa shape index (κ1) is 16.5. The van der Waals surface area contributed by atoms with Crippen LogP contribution in [-0.2, 0) is 9.84 Å². The monoisotopic (exact) mass is 322 g/mol. The van der Waals surface area contributed by atoms with Crippen LogP contribution in [0, 0.1) is 5.92 Å². The average Bonchev–Trinajstić information content (AvgIpc) is 2.44. The minimum absolute atomic E-state index is 0. The van der Waals surface area contributed by atoms with Crippen molar-refractivity contribution in [1.82, 2.24) is 10.2 Å². The van der Waals surface area contributed by atoms with Crippen LogP contribution in [0.3, 0.4) is 0 Å². The van der Waals surface area contributed by atoms with Gasteiger partial charge in [-0.15, -0.1) is 12.4 Å². The Morgan fingerprint density at radius 2 is 1.75 bits per heavy atom. The van der Waals surface area contributed by atoms with Crippen molar-refractivity contribution in [2.45, 2.75) is 49.8 Å². The van der Waals surface area contributed by atoms with Crippen LogP contribution >= 0.6 is 12.4 Å². The lowest BCUT2D eigenvalue weighted by Crippen LogP contribution is -2.57. The van der Waals surface area contributed by atoms with Crippen molar-refractivity contribution in [3.8, 4) is 0 Å². The topological polar surface area (TPSA) is 49.4 Å². The Morgan fingerprint density at radius 3 is 2.50 bits per heavy atom. The molecular weight excluding hydrogens is 296 g/mol. The van der Waals surface area contributed by atoms with E-state index in [-0.39, 0.29) is 17.7 Å². The van der Waals surface area contributed by atoms with Gasteiger partial charge in [-0.1, -0.05) is 12.8 Å². The number of halogens is 1. The number of nitrogens with zero attached hydrogens (tertiary/aromatic N) is 1. The van der Waals surface area contributed by atoms with Gasteiger partial charge in [-0.25, -0.2) is 8.42 Å². The van der Waals surface area contributed by atoms with Crippen LogP contribution in [0.1, 0.15) is 38.5 Å². The molecule has 6 heteroatoms. The van der Waals surface area contributed by atoms with Crippen LogP contribution in [-0.4, -0.2) is 56.5 Å². The van der Waals surface area contributed by atoms with E-state index in [0.29, 0.717) is 11.8 Å². The van der Waals surface area contributed by atoms with Crippen LogP contribution in [0.25, 0.3) is 0 Å². The molecule has 0 aromatic carbocycles. The van der Waals surface area contributed by atoms with Crippen LogP contribution in [0.4, 0.5) is 0 Å². The number of fused-ring (bicyclic) bond motifs is 1. The minimum atomic E-state index is -2.81. The Kier molecular flexibility index (Phi) is 5.74. The lowest BCUT2D eigenvalue weighted by Gasteiger charge is -2.45. The Labute approximate surface area is 129 Å². The molecule has 2 atom stereocenters. The van der Waals surface area contributed by atoms with Gasteiger partial charge in [0, 0.05) is 19.1 Å². The summed E-state index contributed by atoms with van der Waals surface area (Å²) in [7, 11) is -2.81. The summed E-state index contributed by atoms with van der Waals surface area (Å²) in [5.74, 6) is 1.16. The first-order valence-electron chi connectivity index (χ1n) is 7.83. The second kappa shape index (κ2) is 6.95. The van der Waals surface area contributed by atoms with E-state index in [0.717, 1.165) is 51.4 Å². The van der Waals surface area contributed by atoms with Gasteiger partial charge >= 0.3 is 0 Å². The van der Waals surface area contributed by atoms with Crippen molar-refractivity contribution in [1.29, 1.82) is 0 Å². The number of nitrogens with one attached hydrogen (secondary N) is 1. The highest BCUT2D eigenvalue weighted by atomic mass is 35.5. The smallest absolute Gasteiger partial charge is 0.155 e. The Morgan fingerprint density at radius 1 is 1.05 bits per heavy atom. The fourth-order valence-corrected chi connectivity index (χ4v) is 6.20. The molecule has 1 aliphatic carbocycles. The lowest BCUT2D eigenvalue weighted by atomic mass is 9.91. The second-order valence-electron chi connectivity index (χ2n) is 6.45. The van der Waals surface area contributed by atoms with Gasteiger partial charge in [0.05, 0.1) is 11.0 Å². The number of sulfone groups is 1. The molecule has 1 N–H and O–H groups in total. The van der Waals surface area contributed by atoms with Crippen molar-refractivity contribution < 1.29 is 8.42 Å². The van der Waals surface area contributed by atoms with Gasteiger partial charge in [0.1, 0.15) is 0 Å². The molecule has 0 aromatic rings. The molecule has 0 aromatic heterocycles. The van der Waals surface area contributed by atoms with E-state index in [2.05, 4.69) is 10.2 Å². The summed E-state index contributed by atoms with van der Waals surface area (Å²) in [5.41, 5.74) is 0. The minimum Gasteiger partial charge on any atom is -0.317 e. The first-order valence-corrected chi connectivity index (χ1v) is 9.55. The maximum Gasteiger partial charge on any atom is 0.155 e. The van der Waals surface area contributed by atoms with Crippen LogP contribution in [0.2, 0.25) is 0 Å². The van der Waals surface area contributed by atoms with Gasteiger partial charge in [0.15, 0.2) is 9.84 Å². The summed E-state index contributed by atoms with van der Waals surface area (Å²) in [4.78, 5) is 2.51. The first-order chi connectivity index (χ1) is 9.17. The van der Waals surface area contributed by atoms with Gasteiger partial charge < -0.3 is 5.32 Å². The third kappa shape index (κ3) is 3.49. The van der Waals surface area contributed by atoms with E-state index in [9.17, 15) is 8.42 Å². The molecule has 4 nitrogen and oxygen atoms in total. The van der Waals surface area contributed by atoms with Gasteiger partial charge in [-0.2, -0.15) is 0 Å². The highest BCUT2D eigenvalue weighted by Crippen LogP contribution is 2.33. The van der Waals surface area contributed by atoms with Crippen LogP contribution in [0.5, 0.6) is 0 Å². The quantitative estimate of drug-likeness (QED) is 0.836. The highest BCUT2D eigenvalue weighted by Gasteiger charge is 2.42. The SMILES string of the molecule is Cl.O=S1(=O)CCN(CC2CCNCC2)C2CCCCC21. The maximum absolute atomic E-state index is 12.2. The van der Waals surface area contributed by atoms with Crippen molar-refractivity contribution in [3.63, 3.8) is 0 Å². The highest BCUT2D eigenvalue weighted by molar-refractivity contribution is 7.92. The maximum atomic E-state index is 12.2. The largest absolute Gasteiger partial charge is 0.317 e. The Hall–Kier alpha value is 0.160. The summed E-state index contributed by atoms with van der Waals surface area (Å²) in [5, 5.41) is 3.35. The number of rotatable bonds is 2. The van der Waals surface area contributed by atoms with Crippen molar-refractivity contribution in [2.75, 3.05) is 31.9 Å². The molecule has 3 rings (SSSR count). The van der Waals surface area contributed by atoms with E-state index in [1.54, 1.807) is 0 Å². The molecular formula is C14H27ClN2O2S. The van der Waals surface area contributed by atoms with Crippen molar-refractivity contribution in [2.24, 2.45) is 5.92 Å². The zero-order valence-electron chi connectivity index (χ0n) is 12.1. The van der Waals surface area contributed by atoms with E-state index in [1.165, 1.54) is 19.3 Å². The zero-order chi connectivity index (χ0) is 13.3. The third-order valence-corrected chi connectivity index (χ3v) is 7.44. The third-order valence-electron chi connectivity index (χ3n) is 5.21. The summed E-state index contributed by atoms with van der Waals surface area (Å²) >= 11 is 0. The van der Waals surface area contributed by atoms with Crippen molar-refractivity contribution in [3.05, 3.63) is 0 Å². The molecule has 0 amide bonds. The zero-order valence-corrected chi connectivity index (χ0v) is 13.7. The van der Waals surface area contributed by atoms with Crippen molar-refractivity contribution >= 4 is 22.2 Å². The number of hydrogen-bond donors (Lipinski definition) is 1. The van der Waals surface area contributed by atoms with E-state index in [4.69, 9.17) is 0 Å². The predicted molar refractivity (Wildman–Crippen MR) is 84.2 cm³/mol. The molecule has 2 saturated heterocycles. The van der Waals surface area contributed by atoms with Gasteiger partial charge in [-0.3, -0.25) is 4.90 Å².